The van der Waals surface area contributed by atoms with Crippen LogP contribution in [-0.4, -0.2) is 23.6 Å². The number of rotatable bonds is 8. The second-order valence-electron chi connectivity index (χ2n) is 10.6. The van der Waals surface area contributed by atoms with E-state index in [1.165, 1.54) is 17.7 Å². The first kappa shape index (κ1) is 26.8. The van der Waals surface area contributed by atoms with Crippen LogP contribution in [0.25, 0.3) is 5.57 Å². The maximum atomic E-state index is 13.1. The molecule has 1 spiro atoms. The molecule has 6 rings (SSSR count). The number of halogens is 1. The molecule has 1 aliphatic heterocycles. The van der Waals surface area contributed by atoms with Crippen LogP contribution in [0.1, 0.15) is 67.9 Å². The summed E-state index contributed by atoms with van der Waals surface area (Å²) in [6.07, 6.45) is 6.61. The van der Waals surface area contributed by atoms with Crippen LogP contribution in [0.2, 0.25) is 0 Å². The molecule has 0 bridgehead atoms. The van der Waals surface area contributed by atoms with E-state index >= 15 is 0 Å². The molecular weight excluding hydrogens is 572 g/mol. The summed E-state index contributed by atoms with van der Waals surface area (Å²) in [7, 11) is 0. The summed E-state index contributed by atoms with van der Waals surface area (Å²) in [5, 5.41) is 0.715. The Bertz CT molecular complexity index is 1290. The lowest BCUT2D eigenvalue weighted by molar-refractivity contribution is -0.172. The second-order valence-corrected chi connectivity index (χ2v) is 12.8. The van der Waals surface area contributed by atoms with Crippen molar-refractivity contribution in [2.75, 3.05) is 6.61 Å². The SMILES string of the molecule is CCOC(=O)/C(=C/[C@@H]1CCC2(C1)O[C@@H](c1ccccc1)[C@H](c1ccccc1)O2)c1ccc(SC2CC2)c(Br)c1. The monoisotopic (exact) mass is 604 g/mol. The third-order valence-corrected chi connectivity index (χ3v) is 9.98. The number of carbonyl (C=O) groups is 1. The van der Waals surface area contributed by atoms with Crippen molar-refractivity contribution in [3.8, 4) is 0 Å². The van der Waals surface area contributed by atoms with Crippen molar-refractivity contribution in [1.29, 1.82) is 0 Å². The topological polar surface area (TPSA) is 44.8 Å². The lowest BCUT2D eigenvalue weighted by Crippen LogP contribution is -2.26. The van der Waals surface area contributed by atoms with Gasteiger partial charge in [0.1, 0.15) is 12.2 Å². The molecule has 0 N–H and O–H groups in total. The molecule has 1 saturated heterocycles. The van der Waals surface area contributed by atoms with Gasteiger partial charge in [0.05, 0.1) is 12.2 Å². The summed E-state index contributed by atoms with van der Waals surface area (Å²) in [5.41, 5.74) is 3.71. The van der Waals surface area contributed by atoms with Crippen molar-refractivity contribution < 1.29 is 19.0 Å². The number of ether oxygens (including phenoxy) is 3. The molecule has 2 saturated carbocycles. The van der Waals surface area contributed by atoms with Crippen LogP contribution in [0.3, 0.4) is 0 Å². The normalized spacial score (nSPS) is 24.3. The van der Waals surface area contributed by atoms with Crippen LogP contribution in [0.4, 0.5) is 0 Å². The zero-order chi connectivity index (χ0) is 26.8. The zero-order valence-electron chi connectivity index (χ0n) is 22.1. The fourth-order valence-corrected chi connectivity index (χ4v) is 7.31. The fraction of sp³-hybridized carbons (Fsp3) is 0.364. The van der Waals surface area contributed by atoms with E-state index in [4.69, 9.17) is 14.2 Å². The summed E-state index contributed by atoms with van der Waals surface area (Å²) in [6.45, 7) is 2.18. The Balaban J connectivity index is 1.26. The molecule has 3 aromatic carbocycles. The van der Waals surface area contributed by atoms with E-state index in [0.29, 0.717) is 23.9 Å². The van der Waals surface area contributed by atoms with E-state index in [0.717, 1.165) is 34.0 Å². The third-order valence-electron chi connectivity index (χ3n) is 7.64. The van der Waals surface area contributed by atoms with E-state index in [2.05, 4.69) is 58.4 Å². The highest BCUT2D eigenvalue weighted by Gasteiger charge is 2.52. The summed E-state index contributed by atoms with van der Waals surface area (Å²) >= 11 is 5.64. The first-order chi connectivity index (χ1) is 19.0. The maximum absolute atomic E-state index is 13.1. The van der Waals surface area contributed by atoms with Crippen LogP contribution in [-0.2, 0) is 19.0 Å². The van der Waals surface area contributed by atoms with Gasteiger partial charge >= 0.3 is 5.97 Å². The van der Waals surface area contributed by atoms with Gasteiger partial charge in [-0.3, -0.25) is 0 Å². The predicted molar refractivity (Wildman–Crippen MR) is 158 cm³/mol. The number of hydrogen-bond acceptors (Lipinski definition) is 5. The predicted octanol–water partition coefficient (Wildman–Crippen LogP) is 8.68. The number of hydrogen-bond donors (Lipinski definition) is 0. The molecule has 0 unspecified atom stereocenters. The summed E-state index contributed by atoms with van der Waals surface area (Å²) in [5.74, 6) is -0.840. The summed E-state index contributed by atoms with van der Waals surface area (Å²) in [4.78, 5) is 14.3. The minimum absolute atomic E-state index is 0.134. The Morgan fingerprint density at radius 2 is 1.62 bits per heavy atom. The fourth-order valence-electron chi connectivity index (χ4n) is 5.61. The zero-order valence-corrected chi connectivity index (χ0v) is 24.5. The van der Waals surface area contributed by atoms with Crippen LogP contribution in [0.5, 0.6) is 0 Å². The Morgan fingerprint density at radius 3 is 2.18 bits per heavy atom. The average Bonchev–Trinajstić information content (AvgIpc) is 3.58. The van der Waals surface area contributed by atoms with Gasteiger partial charge < -0.3 is 14.2 Å². The van der Waals surface area contributed by atoms with Gasteiger partial charge in [-0.2, -0.15) is 0 Å². The smallest absolute Gasteiger partial charge is 0.338 e. The van der Waals surface area contributed by atoms with Gasteiger partial charge in [-0.25, -0.2) is 4.79 Å². The lowest BCUT2D eigenvalue weighted by atomic mass is 9.98. The highest BCUT2D eigenvalue weighted by Crippen LogP contribution is 2.54. The minimum atomic E-state index is -0.687. The van der Waals surface area contributed by atoms with Crippen LogP contribution in [0.15, 0.2) is 94.3 Å². The van der Waals surface area contributed by atoms with Gasteiger partial charge in [-0.1, -0.05) is 72.8 Å². The van der Waals surface area contributed by atoms with E-state index in [1.54, 1.807) is 0 Å². The van der Waals surface area contributed by atoms with Crippen LogP contribution in [0, 0.1) is 5.92 Å². The van der Waals surface area contributed by atoms with E-state index in [1.807, 2.05) is 61.2 Å². The van der Waals surface area contributed by atoms with Gasteiger partial charge in [0.15, 0.2) is 5.79 Å². The van der Waals surface area contributed by atoms with E-state index in [9.17, 15) is 4.79 Å². The number of thioether (sulfide) groups is 1. The minimum Gasteiger partial charge on any atom is -0.462 e. The van der Waals surface area contributed by atoms with Crippen molar-refractivity contribution in [3.63, 3.8) is 0 Å². The van der Waals surface area contributed by atoms with Crippen molar-refractivity contribution in [1.82, 2.24) is 0 Å². The molecule has 2 aliphatic carbocycles. The van der Waals surface area contributed by atoms with Gasteiger partial charge in [0.25, 0.3) is 0 Å². The Hall–Kier alpha value is -2.38. The van der Waals surface area contributed by atoms with Crippen molar-refractivity contribution in [2.24, 2.45) is 5.92 Å². The van der Waals surface area contributed by atoms with Crippen molar-refractivity contribution >= 4 is 39.2 Å². The van der Waals surface area contributed by atoms with Crippen molar-refractivity contribution in [3.05, 3.63) is 106 Å². The average molecular weight is 606 g/mol. The molecule has 3 fully saturated rings. The molecule has 0 radical (unpaired) electrons. The Labute approximate surface area is 243 Å². The Kier molecular flexibility index (Phi) is 7.99. The van der Waals surface area contributed by atoms with Crippen molar-refractivity contribution in [2.45, 2.75) is 67.2 Å². The molecule has 0 amide bonds. The molecule has 0 aromatic heterocycles. The second kappa shape index (κ2) is 11.6. The third kappa shape index (κ3) is 6.04. The number of allylic oxidation sites excluding steroid dienone is 1. The first-order valence-corrected chi connectivity index (χ1v) is 15.5. The van der Waals surface area contributed by atoms with Gasteiger partial charge in [-0.15, -0.1) is 11.8 Å². The van der Waals surface area contributed by atoms with E-state index in [-0.39, 0.29) is 24.1 Å². The Morgan fingerprint density at radius 1 is 0.974 bits per heavy atom. The molecular formula is C33H33BrO4S. The standard InChI is InChI=1S/C33H33BrO4S/c1-2-36-32(35)27(25-13-16-29(28(34)20-25)39-26-14-15-26)19-22-17-18-33(21-22)37-30(23-9-5-3-6-10-23)31(38-33)24-11-7-4-8-12-24/h3-13,16,19-20,22,26,30-31H,2,14-15,17-18,21H2,1H3/b27-19+/t22-,30-,31-/m0/s1. The molecule has 202 valence electrons. The van der Waals surface area contributed by atoms with Crippen LogP contribution < -0.4 is 0 Å². The lowest BCUT2D eigenvalue weighted by Gasteiger charge is -2.23. The summed E-state index contributed by atoms with van der Waals surface area (Å²) in [6, 6.07) is 26.9. The highest BCUT2D eigenvalue weighted by molar-refractivity contribution is 9.10. The first-order valence-electron chi connectivity index (χ1n) is 13.8. The highest BCUT2D eigenvalue weighted by atomic mass is 79.9. The number of esters is 1. The quantitative estimate of drug-likeness (QED) is 0.190. The molecule has 4 nitrogen and oxygen atoms in total. The van der Waals surface area contributed by atoms with Gasteiger partial charge in [0.2, 0.25) is 0 Å². The largest absolute Gasteiger partial charge is 0.462 e. The molecule has 39 heavy (non-hydrogen) atoms. The molecule has 6 heteroatoms. The van der Waals surface area contributed by atoms with E-state index < -0.39 is 5.79 Å². The summed E-state index contributed by atoms with van der Waals surface area (Å²) < 4.78 is 20.1. The van der Waals surface area contributed by atoms with Crippen LogP contribution >= 0.6 is 27.7 Å². The maximum Gasteiger partial charge on any atom is 0.338 e. The molecule has 3 aromatic rings. The number of carbonyl (C=O) groups excluding carboxylic acids is 1. The molecule has 3 aliphatic rings. The molecule has 1 heterocycles. The number of benzene rings is 3. The van der Waals surface area contributed by atoms with Gasteiger partial charge in [0, 0.05) is 27.5 Å². The molecule has 3 atom stereocenters. The van der Waals surface area contributed by atoms with Gasteiger partial charge in [-0.05, 0) is 76.9 Å².